The Bertz CT molecular complexity index is 1710. The summed E-state index contributed by atoms with van der Waals surface area (Å²) in [5, 5.41) is 18.5. The fourth-order valence-electron chi connectivity index (χ4n) is 3.69. The van der Waals surface area contributed by atoms with E-state index in [1.165, 1.54) is 5.56 Å². The Morgan fingerprint density at radius 1 is 0.756 bits per heavy atom. The molecule has 8 nitrogen and oxygen atoms in total. The van der Waals surface area contributed by atoms with Crippen LogP contribution in [0.4, 0.5) is 26.3 Å². The first kappa shape index (κ1) is 34.0. The van der Waals surface area contributed by atoms with E-state index in [2.05, 4.69) is 53.2 Å². The van der Waals surface area contributed by atoms with E-state index < -0.39 is 24.3 Å². The maximum atomic E-state index is 10.5. The molecule has 5 aromatic rings. The number of carboxylic acid groups (broad SMARTS) is 2. The lowest BCUT2D eigenvalue weighted by Gasteiger charge is -2.12. The molecular weight excluding hydrogens is 608 g/mol. The number of fused-ring (bicyclic) bond motifs is 1. The van der Waals surface area contributed by atoms with Gasteiger partial charge in [0, 0.05) is 22.8 Å². The molecule has 2 aromatic heterocycles. The van der Waals surface area contributed by atoms with E-state index in [9.17, 15) is 26.3 Å². The van der Waals surface area contributed by atoms with Crippen LogP contribution >= 0.6 is 0 Å². The average Bonchev–Trinajstić information content (AvgIpc) is 3.01. The molecule has 0 radical (unpaired) electrons. The van der Waals surface area contributed by atoms with Gasteiger partial charge in [-0.1, -0.05) is 72.8 Å². The van der Waals surface area contributed by atoms with Crippen molar-refractivity contribution in [2.75, 3.05) is 0 Å². The molecular formula is C31H23F6N3O5. The second kappa shape index (κ2) is 14.8. The Balaban J connectivity index is 0.000000331. The van der Waals surface area contributed by atoms with Crippen LogP contribution in [0.15, 0.2) is 103 Å². The van der Waals surface area contributed by atoms with Gasteiger partial charge in [0.25, 0.3) is 0 Å². The van der Waals surface area contributed by atoms with Crippen LogP contribution in [0.25, 0.3) is 33.3 Å². The lowest BCUT2D eigenvalue weighted by molar-refractivity contribution is -0.388. The zero-order chi connectivity index (χ0) is 33.2. The predicted molar refractivity (Wildman–Crippen MR) is 144 cm³/mol. The molecule has 234 valence electrons. The Hall–Kier alpha value is -5.50. The van der Waals surface area contributed by atoms with Crippen molar-refractivity contribution >= 4 is 22.8 Å². The van der Waals surface area contributed by atoms with Gasteiger partial charge >= 0.3 is 18.2 Å². The average molecular weight is 632 g/mol. The summed E-state index contributed by atoms with van der Waals surface area (Å²) in [5.74, 6) is -4.56. The van der Waals surface area contributed by atoms with Crippen LogP contribution in [0.1, 0.15) is 5.56 Å². The highest BCUT2D eigenvalue weighted by molar-refractivity contribution is 5.93. The van der Waals surface area contributed by atoms with Crippen LogP contribution in [0.3, 0.4) is 0 Å². The Morgan fingerprint density at radius 3 is 1.76 bits per heavy atom. The summed E-state index contributed by atoms with van der Waals surface area (Å²) in [6.07, 6.45) is -8.52. The lowest BCUT2D eigenvalue weighted by Crippen LogP contribution is -2.47. The summed E-state index contributed by atoms with van der Waals surface area (Å²) < 4.78 is 69.3. The number of nitrogens with one attached hydrogen (secondary N) is 1. The lowest BCUT2D eigenvalue weighted by atomic mass is 9.97. The summed E-state index contributed by atoms with van der Waals surface area (Å²) in [6.45, 7) is 0.771. The molecule has 0 aliphatic heterocycles. The highest BCUT2D eigenvalue weighted by Crippen LogP contribution is 2.36. The summed E-state index contributed by atoms with van der Waals surface area (Å²) in [4.78, 5) is 25.9. The van der Waals surface area contributed by atoms with Crippen molar-refractivity contribution in [2.24, 2.45) is 0 Å². The van der Waals surface area contributed by atoms with E-state index in [1.807, 2.05) is 60.8 Å². The summed E-state index contributed by atoms with van der Waals surface area (Å²) in [5.41, 5.74) is 10.3. The standard InChI is InChI=1S/C27H21N3O.2C2HF3O2/c28-18-19-11-13-21(14-12-19)26-23(20-7-3-1-4-8-20)17-24-25(30-26)15-16-29-27(24)31-22-9-5-2-6-10-22;2*3-2(4,5)1(6)7/h1-17H,18,28H2;2*(H,6,7). The first-order chi connectivity index (χ1) is 21.2. The fraction of sp³-hybridized carbons (Fsp3) is 0.0968. The number of aromatic amines is 1. The Kier molecular flexibility index (Phi) is 11.2. The number of para-hydroxylation sites is 1. The van der Waals surface area contributed by atoms with E-state index >= 15 is 0 Å². The second-order valence-corrected chi connectivity index (χ2v) is 8.92. The number of benzene rings is 3. The number of carbonyl (C=O) groups excluding carboxylic acids is 2. The molecule has 0 saturated heterocycles. The molecule has 0 aliphatic rings. The first-order valence-electron chi connectivity index (χ1n) is 12.8. The molecule has 3 aromatic carbocycles. The quantitative estimate of drug-likeness (QED) is 0.294. The number of halogens is 6. The predicted octanol–water partition coefficient (Wildman–Crippen LogP) is 3.51. The number of alkyl halides is 6. The third-order valence-electron chi connectivity index (χ3n) is 5.78. The van der Waals surface area contributed by atoms with Gasteiger partial charge in [0.05, 0.1) is 17.8 Å². The molecule has 5 rings (SSSR count). The van der Waals surface area contributed by atoms with E-state index in [0.29, 0.717) is 5.88 Å². The molecule has 45 heavy (non-hydrogen) atoms. The van der Waals surface area contributed by atoms with E-state index in [-0.39, 0.29) is 0 Å². The van der Waals surface area contributed by atoms with Crippen molar-refractivity contribution in [3.63, 3.8) is 0 Å². The van der Waals surface area contributed by atoms with Gasteiger partial charge in [0.2, 0.25) is 0 Å². The van der Waals surface area contributed by atoms with Gasteiger partial charge in [-0.2, -0.15) is 31.3 Å². The van der Waals surface area contributed by atoms with Crippen LogP contribution in [0.2, 0.25) is 0 Å². The van der Waals surface area contributed by atoms with E-state index in [4.69, 9.17) is 29.5 Å². The molecule has 0 spiro atoms. The number of quaternary nitrogens is 1. The number of H-pyrrole nitrogens is 1. The molecule has 0 unspecified atom stereocenters. The number of carboxylic acids is 2. The second-order valence-electron chi connectivity index (χ2n) is 8.92. The van der Waals surface area contributed by atoms with Gasteiger partial charge in [-0.3, -0.25) is 0 Å². The number of hydrogen-bond donors (Lipinski definition) is 1. The van der Waals surface area contributed by atoms with Gasteiger partial charge in [-0.15, -0.1) is 0 Å². The molecule has 0 atom stereocenters. The van der Waals surface area contributed by atoms with Gasteiger partial charge in [0.1, 0.15) is 23.1 Å². The SMILES string of the molecule is O=C([O-])C(F)(F)F.O=C([O-])C(F)(F)F.[NH3+]Cc1ccc(-c2nc3cc[nH+]c(Oc4ccccc4)c3cc2-c2ccccc2)cc1. The number of aromatic nitrogens is 2. The number of rotatable bonds is 5. The van der Waals surface area contributed by atoms with Crippen molar-refractivity contribution in [3.8, 4) is 34.0 Å². The molecule has 0 saturated carbocycles. The minimum Gasteiger partial charge on any atom is -0.542 e. The summed E-state index contributed by atoms with van der Waals surface area (Å²) in [7, 11) is 0. The van der Waals surface area contributed by atoms with E-state index in [1.54, 1.807) is 0 Å². The summed E-state index contributed by atoms with van der Waals surface area (Å²) >= 11 is 0. The molecule has 0 aliphatic carbocycles. The van der Waals surface area contributed by atoms with Crippen LogP contribution in [-0.2, 0) is 16.1 Å². The van der Waals surface area contributed by atoms with Crippen molar-refractivity contribution < 1.29 is 61.6 Å². The van der Waals surface area contributed by atoms with Crippen LogP contribution < -0.4 is 25.7 Å². The number of pyridine rings is 2. The number of aliphatic carboxylic acids is 2. The maximum absolute atomic E-state index is 10.5. The number of ether oxygens (including phenoxy) is 1. The van der Waals surface area contributed by atoms with Gasteiger partial charge in [-0.25, -0.2) is 4.98 Å². The van der Waals surface area contributed by atoms with Crippen molar-refractivity contribution in [2.45, 2.75) is 18.9 Å². The molecule has 0 fully saturated rings. The smallest absolute Gasteiger partial charge is 0.430 e. The van der Waals surface area contributed by atoms with Crippen molar-refractivity contribution in [1.29, 1.82) is 0 Å². The van der Waals surface area contributed by atoms with Crippen molar-refractivity contribution in [3.05, 3.63) is 109 Å². The molecule has 0 amide bonds. The molecule has 4 N–H and O–H groups in total. The van der Waals surface area contributed by atoms with Gasteiger partial charge in [0.15, 0.2) is 6.20 Å². The minimum absolute atomic E-state index is 0.673. The zero-order valence-electron chi connectivity index (χ0n) is 23.0. The highest BCUT2D eigenvalue weighted by Gasteiger charge is 2.29. The molecule has 2 heterocycles. The maximum Gasteiger partial charge on any atom is 0.430 e. The third-order valence-corrected chi connectivity index (χ3v) is 5.78. The molecule has 14 heteroatoms. The minimum atomic E-state index is -5.19. The Labute approximate surface area is 251 Å². The fourth-order valence-corrected chi connectivity index (χ4v) is 3.69. The number of hydrogen-bond acceptors (Lipinski definition) is 6. The van der Waals surface area contributed by atoms with Crippen LogP contribution in [0.5, 0.6) is 11.6 Å². The van der Waals surface area contributed by atoms with Gasteiger partial charge < -0.3 is 30.3 Å². The monoisotopic (exact) mass is 631 g/mol. The van der Waals surface area contributed by atoms with Gasteiger partial charge in [-0.05, 0) is 23.8 Å². The molecule has 0 bridgehead atoms. The first-order valence-corrected chi connectivity index (χ1v) is 12.8. The highest BCUT2D eigenvalue weighted by atomic mass is 19.4. The zero-order valence-corrected chi connectivity index (χ0v) is 23.0. The van der Waals surface area contributed by atoms with Crippen LogP contribution in [0, 0.1) is 0 Å². The number of carbonyl (C=O) groups is 2. The third kappa shape index (κ3) is 9.76. The largest absolute Gasteiger partial charge is 0.542 e. The number of nitrogens with zero attached hydrogens (tertiary/aromatic N) is 1. The van der Waals surface area contributed by atoms with Crippen LogP contribution in [-0.4, -0.2) is 29.3 Å². The normalized spacial score (nSPS) is 11.0. The Morgan fingerprint density at radius 2 is 1.27 bits per heavy atom. The van der Waals surface area contributed by atoms with Crippen molar-refractivity contribution in [1.82, 2.24) is 4.98 Å². The van der Waals surface area contributed by atoms with E-state index in [0.717, 1.165) is 45.6 Å². The summed E-state index contributed by atoms with van der Waals surface area (Å²) in [6, 6.07) is 32.7. The topological polar surface area (TPSA) is 144 Å².